The van der Waals surface area contributed by atoms with E-state index in [0.717, 1.165) is 5.39 Å². The summed E-state index contributed by atoms with van der Waals surface area (Å²) in [6, 6.07) is 8.78. The van der Waals surface area contributed by atoms with Crippen molar-refractivity contribution in [2.45, 2.75) is 0 Å². The van der Waals surface area contributed by atoms with E-state index in [2.05, 4.69) is 10.1 Å². The maximum atomic E-state index is 9.78. The molecule has 5 heteroatoms. The number of benzene rings is 1. The highest BCUT2D eigenvalue weighted by Crippen LogP contribution is 2.24. The molecule has 5 nitrogen and oxygen atoms in total. The minimum absolute atomic E-state index is 0.163. The van der Waals surface area contributed by atoms with Crippen LogP contribution in [0.15, 0.2) is 42.7 Å². The van der Waals surface area contributed by atoms with E-state index in [0.29, 0.717) is 17.0 Å². The van der Waals surface area contributed by atoms with E-state index >= 15 is 0 Å². The number of phenols is 1. The topological polar surface area (TPSA) is 77.0 Å². The van der Waals surface area contributed by atoms with Crippen molar-refractivity contribution in [2.75, 3.05) is 5.73 Å². The highest BCUT2D eigenvalue weighted by atomic mass is 16.3. The molecule has 2 heterocycles. The normalized spacial score (nSPS) is 10.8. The molecule has 0 aliphatic carbocycles. The molecule has 1 aromatic carbocycles. The molecule has 0 amide bonds. The van der Waals surface area contributed by atoms with Crippen molar-refractivity contribution < 1.29 is 5.11 Å². The van der Waals surface area contributed by atoms with Crippen LogP contribution in [-0.2, 0) is 0 Å². The molecule has 0 radical (unpaired) electrons. The lowest BCUT2D eigenvalue weighted by Gasteiger charge is -2.04. The molecule has 17 heavy (non-hydrogen) atoms. The van der Waals surface area contributed by atoms with E-state index in [1.54, 1.807) is 41.3 Å². The van der Waals surface area contributed by atoms with Gasteiger partial charge in [0.05, 0.1) is 18.1 Å². The van der Waals surface area contributed by atoms with Crippen molar-refractivity contribution in [1.82, 2.24) is 14.8 Å². The van der Waals surface area contributed by atoms with Gasteiger partial charge in [-0.25, -0.2) is 9.67 Å². The summed E-state index contributed by atoms with van der Waals surface area (Å²) in [7, 11) is 0. The Kier molecular flexibility index (Phi) is 1.98. The maximum Gasteiger partial charge on any atom is 0.163 e. The predicted molar refractivity (Wildman–Crippen MR) is 64.9 cm³/mol. The summed E-state index contributed by atoms with van der Waals surface area (Å²) in [5.41, 5.74) is 7.51. The Balaban J connectivity index is 2.29. The van der Waals surface area contributed by atoms with Gasteiger partial charge in [-0.2, -0.15) is 5.10 Å². The Morgan fingerprint density at radius 1 is 1.18 bits per heavy atom. The highest BCUT2D eigenvalue weighted by molar-refractivity contribution is 5.79. The summed E-state index contributed by atoms with van der Waals surface area (Å²) in [4.78, 5) is 4.22. The third-order valence-corrected chi connectivity index (χ3v) is 2.54. The predicted octanol–water partition coefficient (Wildman–Crippen LogP) is 1.71. The summed E-state index contributed by atoms with van der Waals surface area (Å²) in [6.07, 6.45) is 3.24. The average Bonchev–Trinajstić information content (AvgIpc) is 2.72. The van der Waals surface area contributed by atoms with E-state index in [4.69, 9.17) is 5.73 Å². The Bertz CT molecular complexity index is 690. The van der Waals surface area contributed by atoms with Gasteiger partial charge in [-0.3, -0.25) is 0 Å². The molecule has 2 aromatic heterocycles. The molecule has 3 aromatic rings. The minimum Gasteiger partial charge on any atom is -0.506 e. The summed E-state index contributed by atoms with van der Waals surface area (Å²) < 4.78 is 1.59. The van der Waals surface area contributed by atoms with E-state index in [-0.39, 0.29) is 5.75 Å². The standard InChI is InChI=1S/C12H10N4O/c13-9-5-8-6-15-16(12(8)14-7-9)10-3-1-2-4-11(10)17/h1-7,17H,13H2. The third-order valence-electron chi connectivity index (χ3n) is 2.54. The lowest BCUT2D eigenvalue weighted by Crippen LogP contribution is -1.98. The van der Waals surface area contributed by atoms with E-state index in [1.807, 2.05) is 6.07 Å². The van der Waals surface area contributed by atoms with Crippen LogP contribution >= 0.6 is 0 Å². The summed E-state index contributed by atoms with van der Waals surface area (Å²) in [5.74, 6) is 0.163. The first-order chi connectivity index (χ1) is 8.25. The number of nitrogens with zero attached hydrogens (tertiary/aromatic N) is 3. The van der Waals surface area contributed by atoms with Crippen LogP contribution in [0.25, 0.3) is 16.7 Å². The second kappa shape index (κ2) is 3.48. The SMILES string of the molecule is Nc1cnc2c(cnn2-c2ccccc2O)c1. The van der Waals surface area contributed by atoms with E-state index in [9.17, 15) is 5.11 Å². The van der Waals surface area contributed by atoms with Crippen molar-refractivity contribution in [2.24, 2.45) is 0 Å². The third kappa shape index (κ3) is 1.48. The molecule has 0 saturated heterocycles. The molecule has 0 spiro atoms. The van der Waals surface area contributed by atoms with Crippen molar-refractivity contribution in [3.8, 4) is 11.4 Å². The van der Waals surface area contributed by atoms with Gasteiger partial charge in [0.25, 0.3) is 0 Å². The number of fused-ring (bicyclic) bond motifs is 1. The number of nitrogens with two attached hydrogens (primary N) is 1. The smallest absolute Gasteiger partial charge is 0.163 e. The average molecular weight is 226 g/mol. The van der Waals surface area contributed by atoms with Gasteiger partial charge in [-0.15, -0.1) is 0 Å². The van der Waals surface area contributed by atoms with Gasteiger partial charge >= 0.3 is 0 Å². The lowest BCUT2D eigenvalue weighted by atomic mass is 10.3. The monoisotopic (exact) mass is 226 g/mol. The first-order valence-corrected chi connectivity index (χ1v) is 5.13. The number of anilines is 1. The number of hydrogen-bond donors (Lipinski definition) is 2. The fourth-order valence-corrected chi connectivity index (χ4v) is 1.76. The van der Waals surface area contributed by atoms with Crippen LogP contribution in [0, 0.1) is 0 Å². The number of rotatable bonds is 1. The molecule has 0 aliphatic rings. The van der Waals surface area contributed by atoms with Crippen LogP contribution in [0.5, 0.6) is 5.75 Å². The molecule has 0 atom stereocenters. The zero-order valence-corrected chi connectivity index (χ0v) is 8.91. The van der Waals surface area contributed by atoms with Gasteiger partial charge in [0.15, 0.2) is 5.65 Å². The fraction of sp³-hybridized carbons (Fsp3) is 0. The fourth-order valence-electron chi connectivity index (χ4n) is 1.76. The lowest BCUT2D eigenvalue weighted by molar-refractivity contribution is 0.471. The number of phenolic OH excluding ortho intramolecular Hbond substituents is 1. The van der Waals surface area contributed by atoms with Crippen molar-refractivity contribution >= 4 is 16.7 Å². The van der Waals surface area contributed by atoms with Crippen LogP contribution in [0.3, 0.4) is 0 Å². The van der Waals surface area contributed by atoms with Gasteiger partial charge in [0.1, 0.15) is 11.4 Å². The van der Waals surface area contributed by atoms with E-state index in [1.165, 1.54) is 0 Å². The molecule has 0 fully saturated rings. The van der Waals surface area contributed by atoms with Crippen LogP contribution in [0.1, 0.15) is 0 Å². The quantitative estimate of drug-likeness (QED) is 0.662. The molecule has 3 N–H and O–H groups in total. The van der Waals surface area contributed by atoms with Crippen LogP contribution in [0.2, 0.25) is 0 Å². The minimum atomic E-state index is 0.163. The number of aromatic hydroxyl groups is 1. The molecule has 84 valence electrons. The second-order valence-corrected chi connectivity index (χ2v) is 3.73. The second-order valence-electron chi connectivity index (χ2n) is 3.73. The number of nitrogen functional groups attached to an aromatic ring is 1. The number of pyridine rings is 1. The van der Waals surface area contributed by atoms with Gasteiger partial charge in [0, 0.05) is 5.39 Å². The van der Waals surface area contributed by atoms with Crippen LogP contribution in [-0.4, -0.2) is 19.9 Å². The van der Waals surface area contributed by atoms with E-state index < -0.39 is 0 Å². The first-order valence-electron chi connectivity index (χ1n) is 5.13. The van der Waals surface area contributed by atoms with Gasteiger partial charge in [-0.05, 0) is 18.2 Å². The van der Waals surface area contributed by atoms with Crippen LogP contribution < -0.4 is 5.73 Å². The van der Waals surface area contributed by atoms with Crippen LogP contribution in [0.4, 0.5) is 5.69 Å². The summed E-state index contributed by atoms with van der Waals surface area (Å²) in [6.45, 7) is 0. The van der Waals surface area contributed by atoms with Crippen molar-refractivity contribution in [1.29, 1.82) is 0 Å². The van der Waals surface area contributed by atoms with Gasteiger partial charge < -0.3 is 10.8 Å². The molecule has 3 rings (SSSR count). The molecular formula is C12H10N4O. The van der Waals surface area contributed by atoms with Gasteiger partial charge in [-0.1, -0.05) is 12.1 Å². The number of para-hydroxylation sites is 2. The molecule has 0 bridgehead atoms. The zero-order chi connectivity index (χ0) is 11.8. The molecular weight excluding hydrogens is 216 g/mol. The van der Waals surface area contributed by atoms with Crippen molar-refractivity contribution in [3.63, 3.8) is 0 Å². The molecule has 0 aliphatic heterocycles. The first kappa shape index (κ1) is 9.65. The number of aromatic nitrogens is 3. The Morgan fingerprint density at radius 2 is 2.00 bits per heavy atom. The Morgan fingerprint density at radius 3 is 2.82 bits per heavy atom. The van der Waals surface area contributed by atoms with Crippen molar-refractivity contribution in [3.05, 3.63) is 42.7 Å². The largest absolute Gasteiger partial charge is 0.506 e. The number of hydrogen-bond acceptors (Lipinski definition) is 4. The molecule has 0 saturated carbocycles. The maximum absolute atomic E-state index is 9.78. The summed E-state index contributed by atoms with van der Waals surface area (Å²) in [5, 5.41) is 14.8. The summed E-state index contributed by atoms with van der Waals surface area (Å²) >= 11 is 0. The Labute approximate surface area is 97.1 Å². The Hall–Kier alpha value is -2.56. The highest BCUT2D eigenvalue weighted by Gasteiger charge is 2.09. The zero-order valence-electron chi connectivity index (χ0n) is 8.91. The van der Waals surface area contributed by atoms with Gasteiger partial charge in [0.2, 0.25) is 0 Å². The molecule has 0 unspecified atom stereocenters.